The van der Waals surface area contributed by atoms with Crippen molar-refractivity contribution in [3.8, 4) is 0 Å². The Morgan fingerprint density at radius 3 is 2.14 bits per heavy atom. The quantitative estimate of drug-likeness (QED) is 0.877. The van der Waals surface area contributed by atoms with Gasteiger partial charge in [-0.3, -0.25) is 9.10 Å². The number of sulfonamides is 1. The number of nitrogens with two attached hydrogens (primary N) is 1. The average molecular weight is 369 g/mol. The highest BCUT2D eigenvalue weighted by molar-refractivity contribution is 9.10. The van der Waals surface area contributed by atoms with Crippen molar-refractivity contribution in [2.75, 3.05) is 10.8 Å². The van der Waals surface area contributed by atoms with Gasteiger partial charge in [0.25, 0.3) is 10.0 Å². The summed E-state index contributed by atoms with van der Waals surface area (Å²) < 4.78 is 27.1. The van der Waals surface area contributed by atoms with Gasteiger partial charge in [-0.15, -0.1) is 0 Å². The highest BCUT2D eigenvalue weighted by Crippen LogP contribution is 2.24. The summed E-state index contributed by atoms with van der Waals surface area (Å²) in [6.07, 6.45) is 0. The van der Waals surface area contributed by atoms with Crippen molar-refractivity contribution in [1.82, 2.24) is 0 Å². The standard InChI is InChI=1S/C14H13BrN2O3S/c15-11-6-8-12(9-7-11)17(10-14(16)18)21(19,20)13-4-2-1-3-5-13/h1-9H,10H2,(H2,16,18). The van der Waals surface area contributed by atoms with Gasteiger partial charge in [0, 0.05) is 4.47 Å². The molecule has 0 radical (unpaired) electrons. The lowest BCUT2D eigenvalue weighted by molar-refractivity contribution is -0.116. The fraction of sp³-hybridized carbons (Fsp3) is 0.0714. The molecule has 0 atom stereocenters. The zero-order valence-corrected chi connectivity index (χ0v) is 13.3. The van der Waals surface area contributed by atoms with Gasteiger partial charge in [0.2, 0.25) is 5.91 Å². The third-order valence-corrected chi connectivity index (χ3v) is 5.06. The first-order valence-electron chi connectivity index (χ1n) is 6.03. The number of benzene rings is 2. The van der Waals surface area contributed by atoms with Crippen LogP contribution in [-0.2, 0) is 14.8 Å². The first-order chi connectivity index (χ1) is 9.91. The topological polar surface area (TPSA) is 80.5 Å². The maximum Gasteiger partial charge on any atom is 0.264 e. The van der Waals surface area contributed by atoms with E-state index in [1.165, 1.54) is 12.1 Å². The predicted molar refractivity (Wildman–Crippen MR) is 84.3 cm³/mol. The van der Waals surface area contributed by atoms with E-state index in [-0.39, 0.29) is 4.90 Å². The molecule has 2 aromatic carbocycles. The van der Waals surface area contributed by atoms with Crippen molar-refractivity contribution in [2.45, 2.75) is 4.90 Å². The van der Waals surface area contributed by atoms with E-state index in [1.54, 1.807) is 42.5 Å². The van der Waals surface area contributed by atoms with Crippen molar-refractivity contribution in [3.63, 3.8) is 0 Å². The zero-order valence-electron chi connectivity index (χ0n) is 10.9. The fourth-order valence-corrected chi connectivity index (χ4v) is 3.50. The van der Waals surface area contributed by atoms with E-state index in [0.717, 1.165) is 8.78 Å². The summed E-state index contributed by atoms with van der Waals surface area (Å²) in [7, 11) is -3.84. The Hall–Kier alpha value is -1.86. The lowest BCUT2D eigenvalue weighted by Gasteiger charge is -2.23. The van der Waals surface area contributed by atoms with Crippen LogP contribution in [0.4, 0.5) is 5.69 Å². The minimum atomic E-state index is -3.84. The Morgan fingerprint density at radius 2 is 1.62 bits per heavy atom. The van der Waals surface area contributed by atoms with Crippen LogP contribution in [0, 0.1) is 0 Å². The normalized spacial score (nSPS) is 11.1. The van der Waals surface area contributed by atoms with Crippen LogP contribution in [0.2, 0.25) is 0 Å². The highest BCUT2D eigenvalue weighted by Gasteiger charge is 2.26. The van der Waals surface area contributed by atoms with E-state index in [2.05, 4.69) is 15.9 Å². The number of nitrogens with zero attached hydrogens (tertiary/aromatic N) is 1. The van der Waals surface area contributed by atoms with Crippen LogP contribution < -0.4 is 10.0 Å². The van der Waals surface area contributed by atoms with E-state index >= 15 is 0 Å². The smallest absolute Gasteiger partial charge is 0.264 e. The van der Waals surface area contributed by atoms with Crippen LogP contribution in [0.25, 0.3) is 0 Å². The Balaban J connectivity index is 2.50. The summed E-state index contributed by atoms with van der Waals surface area (Å²) in [6, 6.07) is 14.5. The minimum absolute atomic E-state index is 0.106. The van der Waals surface area contributed by atoms with E-state index in [9.17, 15) is 13.2 Å². The Labute approximate surface area is 131 Å². The molecule has 0 saturated heterocycles. The average Bonchev–Trinajstić information content (AvgIpc) is 2.46. The minimum Gasteiger partial charge on any atom is -0.368 e. The molecule has 0 spiro atoms. The number of primary amides is 1. The van der Waals surface area contributed by atoms with Gasteiger partial charge in [-0.1, -0.05) is 34.1 Å². The molecule has 1 amide bonds. The maximum absolute atomic E-state index is 12.7. The van der Waals surface area contributed by atoms with E-state index < -0.39 is 22.5 Å². The Kier molecular flexibility index (Phi) is 4.64. The summed E-state index contributed by atoms with van der Waals surface area (Å²) in [4.78, 5) is 11.3. The van der Waals surface area contributed by atoms with Crippen molar-refractivity contribution in [3.05, 3.63) is 59.1 Å². The van der Waals surface area contributed by atoms with Gasteiger partial charge in [0.1, 0.15) is 6.54 Å². The molecule has 0 saturated carbocycles. The van der Waals surface area contributed by atoms with Gasteiger partial charge in [-0.25, -0.2) is 8.42 Å². The van der Waals surface area contributed by atoms with Crippen molar-refractivity contribution < 1.29 is 13.2 Å². The van der Waals surface area contributed by atoms with Crippen molar-refractivity contribution in [1.29, 1.82) is 0 Å². The Morgan fingerprint density at radius 1 is 1.05 bits per heavy atom. The molecular weight excluding hydrogens is 356 g/mol. The largest absolute Gasteiger partial charge is 0.368 e. The molecule has 0 aliphatic rings. The molecular formula is C14H13BrN2O3S. The van der Waals surface area contributed by atoms with Gasteiger partial charge >= 0.3 is 0 Å². The number of halogens is 1. The van der Waals surface area contributed by atoms with Crippen LogP contribution >= 0.6 is 15.9 Å². The molecule has 5 nitrogen and oxygen atoms in total. The Bertz CT molecular complexity index is 731. The molecule has 2 rings (SSSR count). The molecule has 7 heteroatoms. The number of amides is 1. The number of anilines is 1. The van der Waals surface area contributed by atoms with E-state index in [0.29, 0.717) is 5.69 Å². The molecule has 0 heterocycles. The molecule has 0 bridgehead atoms. The van der Waals surface area contributed by atoms with Crippen LogP contribution in [0.3, 0.4) is 0 Å². The van der Waals surface area contributed by atoms with E-state index in [1.807, 2.05) is 0 Å². The van der Waals surface area contributed by atoms with Crippen LogP contribution in [0.15, 0.2) is 64.0 Å². The summed E-state index contributed by atoms with van der Waals surface area (Å²) in [5.41, 5.74) is 5.56. The van der Waals surface area contributed by atoms with Crippen LogP contribution in [-0.4, -0.2) is 20.9 Å². The number of hydrogen-bond donors (Lipinski definition) is 1. The molecule has 2 aromatic rings. The summed E-state index contributed by atoms with van der Waals surface area (Å²) in [5, 5.41) is 0. The molecule has 2 N–H and O–H groups in total. The molecule has 0 fully saturated rings. The SMILES string of the molecule is NC(=O)CN(c1ccc(Br)cc1)S(=O)(=O)c1ccccc1. The summed E-state index contributed by atoms with van der Waals surface area (Å²) in [5.74, 6) is -0.725. The van der Waals surface area contributed by atoms with Crippen LogP contribution in [0.1, 0.15) is 0 Å². The zero-order chi connectivity index (χ0) is 15.5. The summed E-state index contributed by atoms with van der Waals surface area (Å²) in [6.45, 7) is -0.418. The van der Waals surface area contributed by atoms with Crippen molar-refractivity contribution >= 4 is 37.5 Å². The lowest BCUT2D eigenvalue weighted by Crippen LogP contribution is -2.38. The van der Waals surface area contributed by atoms with Crippen LogP contribution in [0.5, 0.6) is 0 Å². The molecule has 21 heavy (non-hydrogen) atoms. The number of carbonyl (C=O) groups excluding carboxylic acids is 1. The predicted octanol–water partition coefficient (Wildman–Crippen LogP) is 2.13. The molecule has 110 valence electrons. The third-order valence-electron chi connectivity index (χ3n) is 2.75. The van der Waals surface area contributed by atoms with Crippen molar-refractivity contribution in [2.24, 2.45) is 5.73 Å². The van der Waals surface area contributed by atoms with Gasteiger partial charge in [0.05, 0.1) is 10.6 Å². The van der Waals surface area contributed by atoms with Gasteiger partial charge < -0.3 is 5.73 Å². The second-order valence-corrected chi connectivity index (χ2v) is 7.05. The molecule has 0 unspecified atom stereocenters. The van der Waals surface area contributed by atoms with Gasteiger partial charge in [-0.2, -0.15) is 0 Å². The molecule has 0 aromatic heterocycles. The third kappa shape index (κ3) is 3.62. The number of carbonyl (C=O) groups is 1. The molecule has 0 aliphatic carbocycles. The highest BCUT2D eigenvalue weighted by atomic mass is 79.9. The maximum atomic E-state index is 12.7. The fourth-order valence-electron chi connectivity index (χ4n) is 1.78. The van der Waals surface area contributed by atoms with E-state index in [4.69, 9.17) is 5.73 Å². The molecule has 0 aliphatic heterocycles. The first kappa shape index (κ1) is 15.5. The summed E-state index contributed by atoms with van der Waals surface area (Å²) >= 11 is 3.28. The second-order valence-electron chi connectivity index (χ2n) is 4.27. The van der Waals surface area contributed by atoms with Gasteiger partial charge in [-0.05, 0) is 36.4 Å². The number of hydrogen-bond acceptors (Lipinski definition) is 3. The number of rotatable bonds is 5. The van der Waals surface area contributed by atoms with Gasteiger partial charge in [0.15, 0.2) is 0 Å². The monoisotopic (exact) mass is 368 g/mol. The first-order valence-corrected chi connectivity index (χ1v) is 8.26. The second kappa shape index (κ2) is 6.28. The lowest BCUT2D eigenvalue weighted by atomic mass is 10.3.